The molecule has 5 rings (SSSR count). The van der Waals surface area contributed by atoms with Crippen molar-refractivity contribution in [3.05, 3.63) is 89.7 Å². The normalized spacial score (nSPS) is 16.0. The van der Waals surface area contributed by atoms with Crippen LogP contribution < -0.4 is 20.7 Å². The minimum absolute atomic E-state index is 0. The zero-order chi connectivity index (χ0) is 27.2. The molecule has 0 saturated heterocycles. The lowest BCUT2D eigenvalue weighted by Crippen LogP contribution is -2.49. The lowest BCUT2D eigenvalue weighted by Gasteiger charge is -2.34. The maximum Gasteiger partial charge on any atom is 0.293 e. The average molecular weight is 596 g/mol. The summed E-state index contributed by atoms with van der Waals surface area (Å²) in [4.78, 5) is 22.5. The second kappa shape index (κ2) is 14.7. The number of hydrogen-bond acceptors (Lipinski definition) is 6. The number of methoxy groups -OCH3 is 1. The number of anilines is 2. The van der Waals surface area contributed by atoms with E-state index >= 15 is 0 Å². The molecule has 41 heavy (non-hydrogen) atoms. The zero-order valence-corrected chi connectivity index (χ0v) is 24.8. The van der Waals surface area contributed by atoms with Crippen molar-refractivity contribution < 1.29 is 9.53 Å². The molecule has 0 bridgehead atoms. The van der Waals surface area contributed by atoms with Gasteiger partial charge in [-0.1, -0.05) is 54.8 Å². The third-order valence-corrected chi connectivity index (χ3v) is 7.07. The van der Waals surface area contributed by atoms with Gasteiger partial charge in [0.1, 0.15) is 11.6 Å². The van der Waals surface area contributed by atoms with Gasteiger partial charge in [0, 0.05) is 29.6 Å². The van der Waals surface area contributed by atoms with Crippen molar-refractivity contribution in [2.24, 2.45) is 0 Å². The number of amides is 1. The Hall–Kier alpha value is -3.88. The summed E-state index contributed by atoms with van der Waals surface area (Å²) in [5.74, 6) is 1.57. The van der Waals surface area contributed by atoms with Crippen LogP contribution in [0.15, 0.2) is 72.8 Å². The largest absolute Gasteiger partial charge is 0.497 e. The van der Waals surface area contributed by atoms with Crippen molar-refractivity contribution in [1.29, 1.82) is 5.41 Å². The molecule has 4 N–H and O–H groups in total. The molecule has 0 spiro atoms. The molecule has 1 fully saturated rings. The summed E-state index contributed by atoms with van der Waals surface area (Å²) < 4.78 is 5.20. The molecule has 0 radical (unpaired) electrons. The fraction of sp³-hybridized carbons (Fsp3) is 0.290. The number of carbonyl (C=O) groups is 1. The molecule has 2 atom stereocenters. The van der Waals surface area contributed by atoms with Crippen LogP contribution in [-0.2, 0) is 6.42 Å². The van der Waals surface area contributed by atoms with E-state index in [-0.39, 0.29) is 48.6 Å². The predicted molar refractivity (Wildman–Crippen MR) is 170 cm³/mol. The Morgan fingerprint density at radius 3 is 2.37 bits per heavy atom. The first-order chi connectivity index (χ1) is 19.0. The topological polar surface area (TPSA) is 112 Å². The fourth-order valence-corrected chi connectivity index (χ4v) is 5.04. The quantitative estimate of drug-likeness (QED) is 0.135. The molecule has 3 aromatic carbocycles. The van der Waals surface area contributed by atoms with Crippen LogP contribution in [0, 0.1) is 12.3 Å². The van der Waals surface area contributed by atoms with E-state index in [1.54, 1.807) is 31.4 Å². The Labute approximate surface area is 253 Å². The Morgan fingerprint density at radius 2 is 1.66 bits per heavy atom. The second-order valence-corrected chi connectivity index (χ2v) is 10.0. The van der Waals surface area contributed by atoms with Crippen LogP contribution in [0.4, 0.5) is 11.5 Å². The molecule has 4 aromatic rings. The van der Waals surface area contributed by atoms with Crippen molar-refractivity contribution >= 4 is 59.0 Å². The third-order valence-electron chi connectivity index (χ3n) is 7.07. The van der Waals surface area contributed by atoms with Gasteiger partial charge >= 0.3 is 0 Å². The number of nitrogens with zero attached hydrogens (tertiary/aromatic N) is 2. The summed E-state index contributed by atoms with van der Waals surface area (Å²) >= 11 is 0. The van der Waals surface area contributed by atoms with Gasteiger partial charge in [-0.3, -0.25) is 10.2 Å². The van der Waals surface area contributed by atoms with Gasteiger partial charge in [0.25, 0.3) is 5.91 Å². The van der Waals surface area contributed by atoms with Crippen LogP contribution in [0.25, 0.3) is 10.9 Å². The monoisotopic (exact) mass is 594 g/mol. The highest BCUT2D eigenvalue weighted by molar-refractivity contribution is 6.04. The van der Waals surface area contributed by atoms with E-state index in [1.165, 1.54) is 0 Å². The molecular weight excluding hydrogens is 559 g/mol. The number of rotatable bonds is 8. The van der Waals surface area contributed by atoms with E-state index in [9.17, 15) is 4.79 Å². The van der Waals surface area contributed by atoms with Crippen molar-refractivity contribution in [1.82, 2.24) is 15.3 Å². The van der Waals surface area contributed by atoms with Crippen LogP contribution >= 0.6 is 24.8 Å². The smallest absolute Gasteiger partial charge is 0.293 e. The maximum atomic E-state index is 13.2. The fourth-order valence-electron chi connectivity index (χ4n) is 5.04. The molecule has 1 saturated carbocycles. The van der Waals surface area contributed by atoms with E-state index in [1.807, 2.05) is 55.5 Å². The van der Waals surface area contributed by atoms with Gasteiger partial charge in [0.15, 0.2) is 0 Å². The SMILES string of the molecule is COc1ccc(NC(=O)c2nc(N[C@H]3CCCC[C@H]3NC(=N)Cc3ccccc3)c3cc(C)ccc3n2)cc1.Cl.Cl. The van der Waals surface area contributed by atoms with Crippen molar-refractivity contribution in [3.63, 3.8) is 0 Å². The molecule has 0 unspecified atom stereocenters. The minimum Gasteiger partial charge on any atom is -0.497 e. The first kappa shape index (κ1) is 31.6. The Kier molecular flexibility index (Phi) is 11.3. The molecule has 1 aliphatic carbocycles. The summed E-state index contributed by atoms with van der Waals surface area (Å²) in [6, 6.07) is 23.3. The van der Waals surface area contributed by atoms with Crippen molar-refractivity contribution in [3.8, 4) is 5.75 Å². The molecule has 1 heterocycles. The molecule has 1 aliphatic rings. The molecule has 8 nitrogen and oxygen atoms in total. The highest BCUT2D eigenvalue weighted by Crippen LogP contribution is 2.27. The number of benzene rings is 3. The molecule has 1 amide bonds. The molecule has 10 heteroatoms. The van der Waals surface area contributed by atoms with E-state index < -0.39 is 0 Å². The summed E-state index contributed by atoms with van der Waals surface area (Å²) in [7, 11) is 1.60. The Morgan fingerprint density at radius 1 is 0.951 bits per heavy atom. The number of ether oxygens (including phenoxy) is 1. The highest BCUT2D eigenvalue weighted by Gasteiger charge is 2.27. The van der Waals surface area contributed by atoms with Gasteiger partial charge in [-0.25, -0.2) is 9.97 Å². The van der Waals surface area contributed by atoms with Crippen molar-refractivity contribution in [2.45, 2.75) is 51.1 Å². The van der Waals surface area contributed by atoms with Crippen LogP contribution in [0.3, 0.4) is 0 Å². The van der Waals surface area contributed by atoms with Gasteiger partial charge in [-0.2, -0.15) is 0 Å². The van der Waals surface area contributed by atoms with E-state index in [2.05, 4.69) is 20.9 Å². The molecular formula is C31H36Cl2N6O2. The zero-order valence-electron chi connectivity index (χ0n) is 23.1. The number of nitrogens with one attached hydrogen (secondary N) is 4. The summed E-state index contributed by atoms with van der Waals surface area (Å²) in [5.41, 5.74) is 3.54. The summed E-state index contributed by atoms with van der Waals surface area (Å²) in [6.45, 7) is 2.03. The lowest BCUT2D eigenvalue weighted by atomic mass is 9.90. The van der Waals surface area contributed by atoms with Crippen molar-refractivity contribution in [2.75, 3.05) is 17.7 Å². The highest BCUT2D eigenvalue weighted by atomic mass is 35.5. The van der Waals surface area contributed by atoms with E-state index in [4.69, 9.17) is 15.1 Å². The maximum absolute atomic E-state index is 13.2. The number of aryl methyl sites for hydroxylation is 1. The Bertz CT molecular complexity index is 1470. The molecule has 0 aliphatic heterocycles. The van der Waals surface area contributed by atoms with Gasteiger partial charge in [0.2, 0.25) is 5.82 Å². The van der Waals surface area contributed by atoms with Gasteiger partial charge in [-0.15, -0.1) is 24.8 Å². The number of carbonyl (C=O) groups excluding carboxylic acids is 1. The molecule has 1 aromatic heterocycles. The number of fused-ring (bicyclic) bond motifs is 1. The Balaban J connectivity index is 0.00000231. The average Bonchev–Trinajstić information content (AvgIpc) is 2.95. The third kappa shape index (κ3) is 8.08. The van der Waals surface area contributed by atoms with E-state index in [0.29, 0.717) is 35.0 Å². The summed E-state index contributed by atoms with van der Waals surface area (Å²) in [6.07, 6.45) is 4.67. The van der Waals surface area contributed by atoms with Gasteiger partial charge in [0.05, 0.1) is 18.5 Å². The number of aromatic nitrogens is 2. The van der Waals surface area contributed by atoms with Crippen LogP contribution in [0.1, 0.15) is 47.4 Å². The van der Waals surface area contributed by atoms with Crippen LogP contribution in [0.5, 0.6) is 5.75 Å². The lowest BCUT2D eigenvalue weighted by molar-refractivity contribution is 0.101. The van der Waals surface area contributed by atoms with Crippen LogP contribution in [-0.4, -0.2) is 40.9 Å². The standard InChI is InChI=1S/C31H34N6O2.2ClH/c1-20-12-17-25-24(18-20)29(37-30(35-25)31(38)33-22-13-15-23(39-2)16-14-22)36-27-11-7-6-10-26(27)34-28(32)19-21-8-4-3-5-9-21;;/h3-5,8-9,12-18,26-27H,6-7,10-11,19H2,1-2H3,(H2,32,34)(H,33,38)(H,35,36,37);2*1H/t26-,27+;;/m1../s1. The number of hydrogen-bond donors (Lipinski definition) is 4. The second-order valence-electron chi connectivity index (χ2n) is 10.0. The van der Waals surface area contributed by atoms with Gasteiger partial charge in [-0.05, 0) is 61.7 Å². The van der Waals surface area contributed by atoms with Gasteiger partial charge < -0.3 is 20.7 Å². The number of amidine groups is 1. The number of halogens is 2. The minimum atomic E-state index is -0.381. The summed E-state index contributed by atoms with van der Waals surface area (Å²) in [5, 5.41) is 19.5. The van der Waals surface area contributed by atoms with Crippen LogP contribution in [0.2, 0.25) is 0 Å². The first-order valence-electron chi connectivity index (χ1n) is 13.4. The molecule has 216 valence electrons. The predicted octanol–water partition coefficient (Wildman–Crippen LogP) is 6.58. The van der Waals surface area contributed by atoms with E-state index in [0.717, 1.165) is 42.2 Å². The first-order valence-corrected chi connectivity index (χ1v) is 13.4.